The molecular formula is C16H23BrN4. The molecule has 0 aliphatic carbocycles. The quantitative estimate of drug-likeness (QED) is 0.761. The fourth-order valence-corrected chi connectivity index (χ4v) is 2.93. The maximum absolute atomic E-state index is 9.36. The molecule has 0 saturated carbocycles. The number of hydrogen-bond donors (Lipinski definition) is 0. The van der Waals surface area contributed by atoms with Crippen molar-refractivity contribution in [2.75, 3.05) is 58.3 Å². The Hall–Kier alpha value is -1.09. The first-order valence-electron chi connectivity index (χ1n) is 7.35. The van der Waals surface area contributed by atoms with Gasteiger partial charge in [-0.2, -0.15) is 5.26 Å². The fraction of sp³-hybridized carbons (Fsp3) is 0.562. The summed E-state index contributed by atoms with van der Waals surface area (Å²) in [6, 6.07) is 8.51. The molecule has 1 fully saturated rings. The van der Waals surface area contributed by atoms with E-state index < -0.39 is 0 Å². The van der Waals surface area contributed by atoms with Crippen LogP contribution in [0.25, 0.3) is 0 Å². The summed E-state index contributed by atoms with van der Waals surface area (Å²) in [5.41, 5.74) is 3.02. The van der Waals surface area contributed by atoms with Crippen LogP contribution in [0.2, 0.25) is 0 Å². The molecular weight excluding hydrogens is 328 g/mol. The molecule has 0 bridgehead atoms. The van der Waals surface area contributed by atoms with E-state index in [0.717, 1.165) is 61.4 Å². The van der Waals surface area contributed by atoms with Crippen LogP contribution in [0.3, 0.4) is 0 Å². The number of halogens is 1. The van der Waals surface area contributed by atoms with Gasteiger partial charge in [0.15, 0.2) is 0 Å². The standard InChI is InChI=1S/C16H23BrN4/c1-19(2)5-6-20-7-9-21(10-8-20)16-4-3-14(12-17)11-15(16)13-18/h3-4,11H,5-10,12H2,1-2H3. The van der Waals surface area contributed by atoms with Crippen LogP contribution in [-0.2, 0) is 5.33 Å². The van der Waals surface area contributed by atoms with Gasteiger partial charge in [-0.05, 0) is 31.8 Å². The van der Waals surface area contributed by atoms with Crippen LogP contribution < -0.4 is 4.90 Å². The second-order valence-electron chi connectivity index (χ2n) is 5.73. The van der Waals surface area contributed by atoms with Crippen molar-refractivity contribution in [3.8, 4) is 6.07 Å². The predicted octanol–water partition coefficient (Wildman–Crippen LogP) is 2.14. The highest BCUT2D eigenvalue weighted by atomic mass is 79.9. The van der Waals surface area contributed by atoms with Crippen LogP contribution in [0.4, 0.5) is 5.69 Å². The van der Waals surface area contributed by atoms with Crippen molar-refractivity contribution >= 4 is 21.6 Å². The molecule has 4 nitrogen and oxygen atoms in total. The number of piperazine rings is 1. The third-order valence-corrected chi connectivity index (χ3v) is 4.56. The Balaban J connectivity index is 1.97. The second kappa shape index (κ2) is 7.79. The molecule has 1 aliphatic rings. The number of alkyl halides is 1. The average molecular weight is 351 g/mol. The van der Waals surface area contributed by atoms with E-state index in [1.807, 2.05) is 6.07 Å². The van der Waals surface area contributed by atoms with E-state index in [-0.39, 0.29) is 0 Å². The van der Waals surface area contributed by atoms with Gasteiger partial charge < -0.3 is 9.80 Å². The van der Waals surface area contributed by atoms with Crippen molar-refractivity contribution in [2.24, 2.45) is 0 Å². The lowest BCUT2D eigenvalue weighted by molar-refractivity contribution is 0.229. The Bertz CT molecular complexity index is 501. The van der Waals surface area contributed by atoms with E-state index in [9.17, 15) is 5.26 Å². The van der Waals surface area contributed by atoms with Gasteiger partial charge in [0.25, 0.3) is 0 Å². The minimum atomic E-state index is 0.786. The molecule has 0 radical (unpaired) electrons. The summed E-state index contributed by atoms with van der Waals surface area (Å²) in [4.78, 5) is 7.05. The molecule has 1 aromatic rings. The van der Waals surface area contributed by atoms with Crippen molar-refractivity contribution < 1.29 is 0 Å². The smallest absolute Gasteiger partial charge is 0.101 e. The molecule has 1 aromatic carbocycles. The van der Waals surface area contributed by atoms with E-state index in [0.29, 0.717) is 0 Å². The zero-order valence-electron chi connectivity index (χ0n) is 12.8. The molecule has 0 N–H and O–H groups in total. The second-order valence-corrected chi connectivity index (χ2v) is 6.29. The van der Waals surface area contributed by atoms with Crippen LogP contribution in [-0.4, -0.2) is 63.2 Å². The van der Waals surface area contributed by atoms with Crippen LogP contribution in [0.1, 0.15) is 11.1 Å². The number of nitrogens with zero attached hydrogens (tertiary/aromatic N) is 4. The molecule has 1 saturated heterocycles. The molecule has 21 heavy (non-hydrogen) atoms. The van der Waals surface area contributed by atoms with Gasteiger partial charge in [0.05, 0.1) is 11.3 Å². The van der Waals surface area contributed by atoms with Crippen LogP contribution in [0.15, 0.2) is 18.2 Å². The van der Waals surface area contributed by atoms with Crippen molar-refractivity contribution in [2.45, 2.75) is 5.33 Å². The number of rotatable bonds is 5. The van der Waals surface area contributed by atoms with Crippen molar-refractivity contribution in [1.82, 2.24) is 9.80 Å². The Morgan fingerprint density at radius 3 is 2.52 bits per heavy atom. The molecule has 2 rings (SSSR count). The average Bonchev–Trinajstić information content (AvgIpc) is 2.52. The molecule has 0 spiro atoms. The summed E-state index contributed by atoms with van der Waals surface area (Å²) < 4.78 is 0. The van der Waals surface area contributed by atoms with Crippen LogP contribution >= 0.6 is 15.9 Å². The summed E-state index contributed by atoms with van der Waals surface area (Å²) in [6.07, 6.45) is 0. The van der Waals surface area contributed by atoms with Gasteiger partial charge in [0, 0.05) is 44.6 Å². The summed E-state index contributed by atoms with van der Waals surface area (Å²) >= 11 is 3.44. The minimum absolute atomic E-state index is 0.786. The van der Waals surface area contributed by atoms with E-state index in [2.05, 4.69) is 62.9 Å². The largest absolute Gasteiger partial charge is 0.368 e. The first kappa shape index (κ1) is 16.3. The first-order chi connectivity index (χ1) is 10.1. The zero-order valence-corrected chi connectivity index (χ0v) is 14.4. The lowest BCUT2D eigenvalue weighted by Crippen LogP contribution is -2.48. The van der Waals surface area contributed by atoms with Crippen LogP contribution in [0.5, 0.6) is 0 Å². The van der Waals surface area contributed by atoms with Gasteiger partial charge in [-0.3, -0.25) is 4.90 Å². The highest BCUT2D eigenvalue weighted by Crippen LogP contribution is 2.23. The summed E-state index contributed by atoms with van der Waals surface area (Å²) in [5.74, 6) is 0. The predicted molar refractivity (Wildman–Crippen MR) is 91.0 cm³/mol. The highest BCUT2D eigenvalue weighted by molar-refractivity contribution is 9.08. The van der Waals surface area contributed by atoms with Gasteiger partial charge in [-0.25, -0.2) is 0 Å². The lowest BCUT2D eigenvalue weighted by Gasteiger charge is -2.36. The summed E-state index contributed by atoms with van der Waals surface area (Å²) in [5, 5.41) is 10.2. The first-order valence-corrected chi connectivity index (χ1v) is 8.47. The zero-order chi connectivity index (χ0) is 15.2. The van der Waals surface area contributed by atoms with Gasteiger partial charge in [-0.1, -0.05) is 22.0 Å². The van der Waals surface area contributed by atoms with E-state index in [1.54, 1.807) is 0 Å². The number of hydrogen-bond acceptors (Lipinski definition) is 4. The third-order valence-electron chi connectivity index (χ3n) is 3.91. The van der Waals surface area contributed by atoms with Crippen LogP contribution in [0, 0.1) is 11.3 Å². The number of nitriles is 1. The van der Waals surface area contributed by atoms with Gasteiger partial charge >= 0.3 is 0 Å². The lowest BCUT2D eigenvalue weighted by atomic mass is 10.1. The van der Waals surface area contributed by atoms with Gasteiger partial charge in [0.1, 0.15) is 6.07 Å². The minimum Gasteiger partial charge on any atom is -0.368 e. The van der Waals surface area contributed by atoms with E-state index >= 15 is 0 Å². The normalized spacial score (nSPS) is 16.2. The highest BCUT2D eigenvalue weighted by Gasteiger charge is 2.19. The molecule has 114 valence electrons. The van der Waals surface area contributed by atoms with Gasteiger partial charge in [-0.15, -0.1) is 0 Å². The van der Waals surface area contributed by atoms with Crippen molar-refractivity contribution in [3.05, 3.63) is 29.3 Å². The molecule has 5 heteroatoms. The summed E-state index contributed by atoms with van der Waals surface area (Å²) in [6.45, 7) is 6.35. The number of likely N-dealkylation sites (N-methyl/N-ethyl adjacent to an activating group) is 1. The Labute approximate surface area is 136 Å². The molecule has 0 atom stereocenters. The van der Waals surface area contributed by atoms with E-state index in [1.165, 1.54) is 0 Å². The molecule has 0 unspecified atom stereocenters. The Kier molecular flexibility index (Phi) is 6.04. The van der Waals surface area contributed by atoms with Crippen molar-refractivity contribution in [1.29, 1.82) is 5.26 Å². The molecule has 1 aliphatic heterocycles. The fourth-order valence-electron chi connectivity index (χ4n) is 2.59. The van der Waals surface area contributed by atoms with Crippen molar-refractivity contribution in [3.63, 3.8) is 0 Å². The monoisotopic (exact) mass is 350 g/mol. The molecule has 1 heterocycles. The maximum atomic E-state index is 9.36. The maximum Gasteiger partial charge on any atom is 0.101 e. The topological polar surface area (TPSA) is 33.5 Å². The number of anilines is 1. The summed E-state index contributed by atoms with van der Waals surface area (Å²) in [7, 11) is 4.22. The molecule has 0 amide bonds. The SMILES string of the molecule is CN(C)CCN1CCN(c2ccc(CBr)cc2C#N)CC1. The van der Waals surface area contributed by atoms with E-state index in [4.69, 9.17) is 0 Å². The Morgan fingerprint density at radius 1 is 1.24 bits per heavy atom. The third kappa shape index (κ3) is 4.44. The number of benzene rings is 1. The van der Waals surface area contributed by atoms with Gasteiger partial charge in [0.2, 0.25) is 0 Å². The Morgan fingerprint density at radius 2 is 1.95 bits per heavy atom. The molecule has 0 aromatic heterocycles.